The number of hydrogen-bond donors (Lipinski definition) is 1. The van der Waals surface area contributed by atoms with Crippen molar-refractivity contribution in [2.45, 2.75) is 25.8 Å². The molecule has 4 aromatic rings. The zero-order valence-corrected chi connectivity index (χ0v) is 20.4. The first-order chi connectivity index (χ1) is 18.0. The van der Waals surface area contributed by atoms with Crippen LogP contribution in [0.25, 0.3) is 0 Å². The summed E-state index contributed by atoms with van der Waals surface area (Å²) in [6, 6.07) is 27.2. The number of aliphatic hydroxyl groups is 1. The lowest BCUT2D eigenvalue weighted by Gasteiger charge is -2.27. The van der Waals surface area contributed by atoms with Gasteiger partial charge in [0.25, 0.3) is 5.91 Å². The van der Waals surface area contributed by atoms with Crippen LogP contribution in [0.5, 0.6) is 11.5 Å². The van der Waals surface area contributed by atoms with Crippen LogP contribution < -0.4 is 9.64 Å². The number of anilines is 1. The predicted molar refractivity (Wildman–Crippen MR) is 142 cm³/mol. The summed E-state index contributed by atoms with van der Waals surface area (Å²) in [5.41, 5.74) is 3.37. The van der Waals surface area contributed by atoms with E-state index in [0.29, 0.717) is 29.2 Å². The highest BCUT2D eigenvalue weighted by Gasteiger charge is 2.44. The number of ether oxygens (including phenoxy) is 1. The Balaban J connectivity index is 1.43. The number of amides is 1. The summed E-state index contributed by atoms with van der Waals surface area (Å²) in [5, 5.41) is 10.9. The highest BCUT2D eigenvalue weighted by Crippen LogP contribution is 2.41. The Morgan fingerprint density at radius 2 is 1.73 bits per heavy atom. The van der Waals surface area contributed by atoms with Crippen LogP contribution in [0.2, 0.25) is 0 Å². The molecular formula is C31H26N2O4. The molecule has 37 heavy (non-hydrogen) atoms. The van der Waals surface area contributed by atoms with E-state index in [1.165, 1.54) is 4.90 Å². The Labute approximate surface area is 215 Å². The fraction of sp³-hybridized carbons (Fsp3) is 0.129. The number of aromatic nitrogens is 1. The number of benzene rings is 3. The normalized spacial score (nSPS) is 15.2. The Morgan fingerprint density at radius 3 is 2.43 bits per heavy atom. The molecule has 2 heterocycles. The third kappa shape index (κ3) is 5.14. The first-order valence-corrected chi connectivity index (χ1v) is 12.1. The number of hydrogen-bond acceptors (Lipinski definition) is 5. The number of aliphatic hydroxyl groups excluding tert-OH is 1. The predicted octanol–water partition coefficient (Wildman–Crippen LogP) is 6.28. The van der Waals surface area contributed by atoms with Gasteiger partial charge in [-0.05, 0) is 72.5 Å². The number of aryl methyl sites for hydroxylation is 2. The molecule has 3 aromatic carbocycles. The standard InChI is InChI=1S/C31H26N2O4/c1-21-7-5-11-26(19-21)37-25-15-13-24(14-16-25)33-29(23-10-6-18-32-20-23)28(30(35)31(33)36)27(34)17-12-22-8-3-2-4-9-22/h2-11,13-16,18-20,29,35H,12,17H2,1H3. The number of nitrogens with zero attached hydrogens (tertiary/aromatic N) is 2. The molecule has 0 radical (unpaired) electrons. The van der Waals surface area contributed by atoms with E-state index in [-0.39, 0.29) is 17.8 Å². The van der Waals surface area contributed by atoms with Crippen LogP contribution in [-0.4, -0.2) is 21.8 Å². The first kappa shape index (κ1) is 24.0. The highest BCUT2D eigenvalue weighted by atomic mass is 16.5. The van der Waals surface area contributed by atoms with Gasteiger partial charge in [-0.15, -0.1) is 0 Å². The monoisotopic (exact) mass is 490 g/mol. The van der Waals surface area contributed by atoms with Gasteiger partial charge in [0.15, 0.2) is 11.5 Å². The second kappa shape index (κ2) is 10.5. The van der Waals surface area contributed by atoms with E-state index >= 15 is 0 Å². The lowest BCUT2D eigenvalue weighted by Crippen LogP contribution is -2.31. The van der Waals surface area contributed by atoms with Crippen LogP contribution >= 0.6 is 0 Å². The van der Waals surface area contributed by atoms with Crippen molar-refractivity contribution in [3.05, 3.63) is 131 Å². The van der Waals surface area contributed by atoms with E-state index in [9.17, 15) is 14.7 Å². The second-order valence-electron chi connectivity index (χ2n) is 8.95. The minimum atomic E-state index is -0.784. The molecule has 6 heteroatoms. The third-order valence-electron chi connectivity index (χ3n) is 6.33. The second-order valence-corrected chi connectivity index (χ2v) is 8.95. The molecule has 0 saturated heterocycles. The van der Waals surface area contributed by atoms with Crippen LogP contribution in [0.3, 0.4) is 0 Å². The number of rotatable bonds is 8. The first-order valence-electron chi connectivity index (χ1n) is 12.1. The average Bonchev–Trinajstić information content (AvgIpc) is 3.19. The largest absolute Gasteiger partial charge is 0.503 e. The molecule has 1 unspecified atom stereocenters. The number of carbonyl (C=O) groups is 2. The quantitative estimate of drug-likeness (QED) is 0.314. The molecular weight excluding hydrogens is 464 g/mol. The van der Waals surface area contributed by atoms with E-state index < -0.39 is 17.7 Å². The lowest BCUT2D eigenvalue weighted by atomic mass is 9.94. The summed E-state index contributed by atoms with van der Waals surface area (Å²) in [5.74, 6) is -0.0964. The summed E-state index contributed by atoms with van der Waals surface area (Å²) >= 11 is 0. The summed E-state index contributed by atoms with van der Waals surface area (Å²) in [7, 11) is 0. The van der Waals surface area contributed by atoms with E-state index in [1.54, 1.807) is 48.8 Å². The van der Waals surface area contributed by atoms with Gasteiger partial charge in [0.1, 0.15) is 11.5 Å². The minimum Gasteiger partial charge on any atom is -0.503 e. The van der Waals surface area contributed by atoms with Gasteiger partial charge in [0.05, 0.1) is 11.6 Å². The summed E-state index contributed by atoms with van der Waals surface area (Å²) in [4.78, 5) is 32.3. The molecule has 0 spiro atoms. The Kier molecular flexibility index (Phi) is 6.81. The number of carbonyl (C=O) groups excluding carboxylic acids is 2. The van der Waals surface area contributed by atoms with Crippen molar-refractivity contribution < 1.29 is 19.4 Å². The number of Topliss-reactive ketones (excluding diaryl/α,β-unsaturated/α-hetero) is 1. The Morgan fingerprint density at radius 1 is 0.946 bits per heavy atom. The fourth-order valence-corrected chi connectivity index (χ4v) is 4.54. The van der Waals surface area contributed by atoms with Crippen LogP contribution in [0.15, 0.2) is 115 Å². The highest BCUT2D eigenvalue weighted by molar-refractivity contribution is 6.16. The molecule has 1 atom stereocenters. The van der Waals surface area contributed by atoms with Crippen molar-refractivity contribution in [3.8, 4) is 11.5 Å². The van der Waals surface area contributed by atoms with Crippen molar-refractivity contribution in [1.82, 2.24) is 4.98 Å². The molecule has 0 bridgehead atoms. The van der Waals surface area contributed by atoms with Crippen molar-refractivity contribution in [2.24, 2.45) is 0 Å². The average molecular weight is 491 g/mol. The zero-order valence-electron chi connectivity index (χ0n) is 20.4. The topological polar surface area (TPSA) is 79.7 Å². The van der Waals surface area contributed by atoms with Gasteiger partial charge < -0.3 is 9.84 Å². The zero-order chi connectivity index (χ0) is 25.8. The van der Waals surface area contributed by atoms with Crippen LogP contribution in [0.4, 0.5) is 5.69 Å². The summed E-state index contributed by atoms with van der Waals surface area (Å²) in [6.45, 7) is 1.99. The van der Waals surface area contributed by atoms with Crippen molar-refractivity contribution >= 4 is 17.4 Å². The molecule has 1 aliphatic rings. The summed E-state index contributed by atoms with van der Waals surface area (Å²) < 4.78 is 5.94. The lowest BCUT2D eigenvalue weighted by molar-refractivity contribution is -0.118. The molecule has 1 aliphatic heterocycles. The van der Waals surface area contributed by atoms with Crippen molar-refractivity contribution in [2.75, 3.05) is 4.90 Å². The molecule has 0 aliphatic carbocycles. The van der Waals surface area contributed by atoms with Gasteiger partial charge in [-0.3, -0.25) is 19.5 Å². The van der Waals surface area contributed by atoms with E-state index in [1.807, 2.05) is 61.5 Å². The van der Waals surface area contributed by atoms with E-state index in [0.717, 1.165) is 11.1 Å². The fourth-order valence-electron chi connectivity index (χ4n) is 4.54. The smallest absolute Gasteiger partial charge is 0.294 e. The molecule has 6 nitrogen and oxygen atoms in total. The SMILES string of the molecule is Cc1cccc(Oc2ccc(N3C(=O)C(O)=C(C(=O)CCc4ccccc4)C3c3cccnc3)cc2)c1. The van der Waals surface area contributed by atoms with Crippen molar-refractivity contribution in [1.29, 1.82) is 0 Å². The number of pyridine rings is 1. The van der Waals surface area contributed by atoms with E-state index in [4.69, 9.17) is 4.74 Å². The molecule has 5 rings (SSSR count). The van der Waals surface area contributed by atoms with Crippen LogP contribution in [0.1, 0.15) is 29.2 Å². The molecule has 0 fully saturated rings. The van der Waals surface area contributed by atoms with Gasteiger partial charge >= 0.3 is 0 Å². The maximum Gasteiger partial charge on any atom is 0.294 e. The van der Waals surface area contributed by atoms with E-state index in [2.05, 4.69) is 4.98 Å². The molecule has 0 saturated carbocycles. The minimum absolute atomic E-state index is 0.0917. The maximum atomic E-state index is 13.4. The Bertz CT molecular complexity index is 1450. The van der Waals surface area contributed by atoms with Gasteiger partial charge in [0.2, 0.25) is 0 Å². The van der Waals surface area contributed by atoms with Gasteiger partial charge in [-0.1, -0.05) is 48.5 Å². The molecule has 1 aromatic heterocycles. The molecule has 1 N–H and O–H groups in total. The van der Waals surface area contributed by atoms with Crippen molar-refractivity contribution in [3.63, 3.8) is 0 Å². The summed E-state index contributed by atoms with van der Waals surface area (Å²) in [6.07, 6.45) is 3.92. The van der Waals surface area contributed by atoms with Crippen LogP contribution in [-0.2, 0) is 16.0 Å². The maximum absolute atomic E-state index is 13.4. The van der Waals surface area contributed by atoms with Gasteiger partial charge in [0, 0.05) is 24.5 Å². The van der Waals surface area contributed by atoms with Crippen LogP contribution in [0, 0.1) is 6.92 Å². The van der Waals surface area contributed by atoms with Gasteiger partial charge in [-0.2, -0.15) is 0 Å². The Hall–Kier alpha value is -4.71. The van der Waals surface area contributed by atoms with Gasteiger partial charge in [-0.25, -0.2) is 0 Å². The molecule has 184 valence electrons. The molecule has 1 amide bonds. The number of ketones is 1. The third-order valence-corrected chi connectivity index (χ3v) is 6.33.